The molecular formula is C10H17N3O. The predicted octanol–water partition coefficient (Wildman–Crippen LogP) is 0.847. The zero-order valence-corrected chi connectivity index (χ0v) is 8.53. The lowest BCUT2D eigenvalue weighted by Crippen LogP contribution is -2.27. The minimum absolute atomic E-state index is 0.240. The van der Waals surface area contributed by atoms with Gasteiger partial charge in [-0.05, 0) is 31.9 Å². The van der Waals surface area contributed by atoms with Crippen LogP contribution in [0, 0.1) is 6.92 Å². The summed E-state index contributed by atoms with van der Waals surface area (Å²) < 4.78 is 0. The van der Waals surface area contributed by atoms with Gasteiger partial charge in [0.25, 0.3) is 0 Å². The fraction of sp³-hybridized carbons (Fsp3) is 0.700. The molecule has 2 N–H and O–H groups in total. The first kappa shape index (κ1) is 9.68. The molecule has 4 nitrogen and oxygen atoms in total. The number of likely N-dealkylation sites (tertiary alicyclic amines) is 1. The molecule has 1 aromatic heterocycles. The molecule has 78 valence electrons. The highest BCUT2D eigenvalue weighted by molar-refractivity contribution is 5.19. The summed E-state index contributed by atoms with van der Waals surface area (Å²) in [7, 11) is 0. The van der Waals surface area contributed by atoms with Gasteiger partial charge in [-0.25, -0.2) is 0 Å². The maximum Gasteiger partial charge on any atom is 0.0558 e. The maximum absolute atomic E-state index is 8.94. The van der Waals surface area contributed by atoms with Crippen LogP contribution in [-0.4, -0.2) is 39.9 Å². The summed E-state index contributed by atoms with van der Waals surface area (Å²) >= 11 is 0. The third-order valence-electron chi connectivity index (χ3n) is 2.95. The summed E-state index contributed by atoms with van der Waals surface area (Å²) in [5, 5.41) is 16.1. The average molecular weight is 195 g/mol. The summed E-state index contributed by atoms with van der Waals surface area (Å²) in [5.74, 6) is 0. The first-order valence-corrected chi connectivity index (χ1v) is 5.17. The molecule has 0 saturated carbocycles. The van der Waals surface area contributed by atoms with Crippen LogP contribution in [0.15, 0.2) is 6.20 Å². The normalized spacial score (nSPS) is 23.1. The smallest absolute Gasteiger partial charge is 0.0558 e. The molecule has 2 heterocycles. The number of rotatable bonds is 3. The van der Waals surface area contributed by atoms with E-state index in [1.165, 1.54) is 24.1 Å². The fourth-order valence-corrected chi connectivity index (χ4v) is 2.24. The monoisotopic (exact) mass is 195 g/mol. The molecule has 1 atom stereocenters. The van der Waals surface area contributed by atoms with Crippen LogP contribution < -0.4 is 0 Å². The maximum atomic E-state index is 8.94. The van der Waals surface area contributed by atoms with Gasteiger partial charge in [0.05, 0.1) is 24.5 Å². The first-order valence-electron chi connectivity index (χ1n) is 5.17. The van der Waals surface area contributed by atoms with E-state index in [9.17, 15) is 0 Å². The Labute approximate surface area is 83.9 Å². The highest BCUT2D eigenvalue weighted by Crippen LogP contribution is 2.31. The zero-order chi connectivity index (χ0) is 9.97. The molecule has 0 aromatic carbocycles. The molecule has 2 rings (SSSR count). The molecule has 1 fully saturated rings. The molecule has 0 unspecified atom stereocenters. The van der Waals surface area contributed by atoms with Crippen molar-refractivity contribution in [3.05, 3.63) is 17.5 Å². The number of aliphatic hydroxyl groups excluding tert-OH is 1. The number of β-amino-alcohol motifs (C(OH)–C–C–N with tert-alkyl or cyclic N) is 1. The Balaban J connectivity index is 2.13. The van der Waals surface area contributed by atoms with Crippen molar-refractivity contribution in [1.29, 1.82) is 0 Å². The van der Waals surface area contributed by atoms with E-state index >= 15 is 0 Å². The second-order valence-electron chi connectivity index (χ2n) is 3.88. The Morgan fingerprint density at radius 1 is 1.71 bits per heavy atom. The third kappa shape index (κ3) is 1.67. The minimum atomic E-state index is 0.240. The van der Waals surface area contributed by atoms with Gasteiger partial charge >= 0.3 is 0 Å². The van der Waals surface area contributed by atoms with E-state index in [-0.39, 0.29) is 6.61 Å². The number of nitrogens with one attached hydrogen (secondary N) is 1. The lowest BCUT2D eigenvalue weighted by atomic mass is 10.1. The Bertz CT molecular complexity index is 297. The molecule has 14 heavy (non-hydrogen) atoms. The van der Waals surface area contributed by atoms with E-state index in [1.807, 2.05) is 6.20 Å². The molecule has 1 aliphatic heterocycles. The Morgan fingerprint density at radius 2 is 2.57 bits per heavy atom. The fourth-order valence-electron chi connectivity index (χ4n) is 2.24. The molecule has 4 heteroatoms. The standard InChI is InChI=1S/C10H17N3O/c1-8-7-11-12-10(8)9-3-2-4-13(9)5-6-14/h7,9,14H,2-6H2,1H3,(H,11,12)/t9-/m0/s1. The van der Waals surface area contributed by atoms with Crippen molar-refractivity contribution >= 4 is 0 Å². The Morgan fingerprint density at radius 3 is 3.21 bits per heavy atom. The van der Waals surface area contributed by atoms with E-state index in [0.29, 0.717) is 6.04 Å². The number of hydrogen-bond acceptors (Lipinski definition) is 3. The van der Waals surface area contributed by atoms with Crippen LogP contribution >= 0.6 is 0 Å². The Hall–Kier alpha value is -0.870. The minimum Gasteiger partial charge on any atom is -0.395 e. The van der Waals surface area contributed by atoms with E-state index in [4.69, 9.17) is 5.11 Å². The van der Waals surface area contributed by atoms with Crippen LogP contribution in [0.1, 0.15) is 30.1 Å². The molecular weight excluding hydrogens is 178 g/mol. The molecule has 0 spiro atoms. The lowest BCUT2D eigenvalue weighted by Gasteiger charge is -2.22. The van der Waals surface area contributed by atoms with Gasteiger partial charge in [-0.2, -0.15) is 5.10 Å². The number of aryl methyl sites for hydroxylation is 1. The zero-order valence-electron chi connectivity index (χ0n) is 8.53. The second kappa shape index (κ2) is 4.11. The Kier molecular flexibility index (Phi) is 2.84. The molecule has 0 bridgehead atoms. The first-order chi connectivity index (χ1) is 6.83. The van der Waals surface area contributed by atoms with Gasteiger partial charge in [0, 0.05) is 6.54 Å². The van der Waals surface area contributed by atoms with Crippen molar-refractivity contribution in [3.8, 4) is 0 Å². The van der Waals surface area contributed by atoms with Crippen molar-refractivity contribution in [2.24, 2.45) is 0 Å². The van der Waals surface area contributed by atoms with Crippen molar-refractivity contribution in [1.82, 2.24) is 15.1 Å². The van der Waals surface area contributed by atoms with Gasteiger partial charge in [0.1, 0.15) is 0 Å². The van der Waals surface area contributed by atoms with E-state index in [1.54, 1.807) is 0 Å². The molecule has 1 aromatic rings. The summed E-state index contributed by atoms with van der Waals surface area (Å²) in [5.41, 5.74) is 2.44. The van der Waals surface area contributed by atoms with Gasteiger partial charge in [0.2, 0.25) is 0 Å². The number of aliphatic hydroxyl groups is 1. The highest BCUT2D eigenvalue weighted by Gasteiger charge is 2.27. The summed E-state index contributed by atoms with van der Waals surface area (Å²) in [6.07, 6.45) is 4.25. The van der Waals surface area contributed by atoms with E-state index in [2.05, 4.69) is 22.0 Å². The van der Waals surface area contributed by atoms with Crippen LogP contribution in [-0.2, 0) is 0 Å². The number of aromatic amines is 1. The summed E-state index contributed by atoms with van der Waals surface area (Å²) in [6.45, 7) is 4.17. The van der Waals surface area contributed by atoms with Crippen molar-refractivity contribution in [2.75, 3.05) is 19.7 Å². The second-order valence-corrected chi connectivity index (χ2v) is 3.88. The average Bonchev–Trinajstić information content (AvgIpc) is 2.74. The largest absolute Gasteiger partial charge is 0.395 e. The number of nitrogens with zero attached hydrogens (tertiary/aromatic N) is 2. The molecule has 0 aliphatic carbocycles. The van der Waals surface area contributed by atoms with Crippen molar-refractivity contribution in [2.45, 2.75) is 25.8 Å². The van der Waals surface area contributed by atoms with Gasteiger partial charge in [-0.3, -0.25) is 10.00 Å². The highest BCUT2D eigenvalue weighted by atomic mass is 16.3. The van der Waals surface area contributed by atoms with Gasteiger partial charge < -0.3 is 5.11 Å². The number of aromatic nitrogens is 2. The van der Waals surface area contributed by atoms with Gasteiger partial charge in [-0.15, -0.1) is 0 Å². The summed E-state index contributed by atoms with van der Waals surface area (Å²) in [6, 6.07) is 0.435. The topological polar surface area (TPSA) is 52.2 Å². The van der Waals surface area contributed by atoms with Gasteiger partial charge in [0.15, 0.2) is 0 Å². The summed E-state index contributed by atoms with van der Waals surface area (Å²) in [4.78, 5) is 2.32. The van der Waals surface area contributed by atoms with Gasteiger partial charge in [-0.1, -0.05) is 0 Å². The van der Waals surface area contributed by atoms with Crippen LogP contribution in [0.2, 0.25) is 0 Å². The van der Waals surface area contributed by atoms with Crippen LogP contribution in [0.5, 0.6) is 0 Å². The van der Waals surface area contributed by atoms with E-state index in [0.717, 1.165) is 13.1 Å². The molecule has 0 amide bonds. The third-order valence-corrected chi connectivity index (χ3v) is 2.95. The van der Waals surface area contributed by atoms with Crippen LogP contribution in [0.4, 0.5) is 0 Å². The van der Waals surface area contributed by atoms with E-state index < -0.39 is 0 Å². The van der Waals surface area contributed by atoms with Crippen molar-refractivity contribution in [3.63, 3.8) is 0 Å². The quantitative estimate of drug-likeness (QED) is 0.751. The number of H-pyrrole nitrogens is 1. The van der Waals surface area contributed by atoms with Crippen LogP contribution in [0.25, 0.3) is 0 Å². The SMILES string of the molecule is Cc1cn[nH]c1[C@@H]1CCCN1CCO. The molecule has 1 aliphatic rings. The predicted molar refractivity (Wildman–Crippen MR) is 54.0 cm³/mol. The molecule has 0 radical (unpaired) electrons. The van der Waals surface area contributed by atoms with Crippen LogP contribution in [0.3, 0.4) is 0 Å². The van der Waals surface area contributed by atoms with Crippen molar-refractivity contribution < 1.29 is 5.11 Å². The molecule has 1 saturated heterocycles. The number of hydrogen-bond donors (Lipinski definition) is 2. The lowest BCUT2D eigenvalue weighted by molar-refractivity contribution is 0.183.